The Hall–Kier alpha value is -2.15. The Kier molecular flexibility index (Phi) is 5.86. The van der Waals surface area contributed by atoms with E-state index in [1.165, 1.54) is 0 Å². The van der Waals surface area contributed by atoms with Crippen LogP contribution in [0, 0.1) is 12.8 Å². The number of ether oxygens (including phenoxy) is 1. The van der Waals surface area contributed by atoms with Crippen molar-refractivity contribution in [3.05, 3.63) is 29.6 Å². The summed E-state index contributed by atoms with van der Waals surface area (Å²) >= 11 is 0. The monoisotopic (exact) mass is 346 g/mol. The number of amides is 3. The third kappa shape index (κ3) is 4.69. The summed E-state index contributed by atoms with van der Waals surface area (Å²) in [4.78, 5) is 32.9. The molecule has 0 saturated carbocycles. The standard InChI is InChI=1S/C18H26N4O3/c1-14-11-15(4-5-19-14)12-20-18(24)22-6-2-3-16(13-22)17(23)21-7-9-25-10-8-21/h4-5,11,16H,2-3,6-10,12-13H2,1H3,(H,20,24)/t16-/m0/s1. The van der Waals surface area contributed by atoms with Gasteiger partial charge in [0.2, 0.25) is 5.91 Å². The average molecular weight is 346 g/mol. The van der Waals surface area contributed by atoms with Crippen molar-refractivity contribution in [3.8, 4) is 0 Å². The van der Waals surface area contributed by atoms with E-state index in [1.54, 1.807) is 11.1 Å². The number of rotatable bonds is 3. The summed E-state index contributed by atoms with van der Waals surface area (Å²) in [5.41, 5.74) is 1.96. The second-order valence-corrected chi connectivity index (χ2v) is 6.69. The quantitative estimate of drug-likeness (QED) is 0.892. The number of piperidine rings is 1. The molecule has 3 heterocycles. The van der Waals surface area contributed by atoms with Crippen molar-refractivity contribution in [1.82, 2.24) is 20.1 Å². The van der Waals surface area contributed by atoms with E-state index in [0.717, 1.165) is 24.1 Å². The highest BCUT2D eigenvalue weighted by Gasteiger charge is 2.31. The van der Waals surface area contributed by atoms with E-state index in [9.17, 15) is 9.59 Å². The maximum Gasteiger partial charge on any atom is 0.317 e. The molecule has 7 heteroatoms. The molecule has 1 aromatic rings. The summed E-state index contributed by atoms with van der Waals surface area (Å²) in [5, 5.41) is 2.95. The van der Waals surface area contributed by atoms with Gasteiger partial charge in [0.05, 0.1) is 19.1 Å². The molecule has 0 unspecified atom stereocenters. The van der Waals surface area contributed by atoms with Crippen LogP contribution in [0.4, 0.5) is 4.79 Å². The van der Waals surface area contributed by atoms with Gasteiger partial charge in [-0.2, -0.15) is 0 Å². The first-order chi connectivity index (χ1) is 12.1. The topological polar surface area (TPSA) is 74.8 Å². The van der Waals surface area contributed by atoms with Crippen LogP contribution in [0.1, 0.15) is 24.1 Å². The average Bonchev–Trinajstić information content (AvgIpc) is 2.66. The SMILES string of the molecule is Cc1cc(CNC(=O)N2CCC[C@H](C(=O)N3CCOCC3)C2)ccn1. The van der Waals surface area contributed by atoms with Crippen LogP contribution in [0.2, 0.25) is 0 Å². The van der Waals surface area contributed by atoms with Gasteiger partial charge in [0.15, 0.2) is 0 Å². The fraction of sp³-hybridized carbons (Fsp3) is 0.611. The lowest BCUT2D eigenvalue weighted by atomic mass is 9.96. The highest BCUT2D eigenvalue weighted by Crippen LogP contribution is 2.19. The van der Waals surface area contributed by atoms with Crippen molar-refractivity contribution in [1.29, 1.82) is 0 Å². The zero-order valence-electron chi connectivity index (χ0n) is 14.7. The molecule has 25 heavy (non-hydrogen) atoms. The van der Waals surface area contributed by atoms with Crippen LogP contribution in [0.15, 0.2) is 18.3 Å². The number of nitrogens with one attached hydrogen (secondary N) is 1. The molecule has 0 bridgehead atoms. The van der Waals surface area contributed by atoms with Crippen LogP contribution >= 0.6 is 0 Å². The molecule has 3 amide bonds. The molecule has 2 fully saturated rings. The summed E-state index contributed by atoms with van der Waals surface area (Å²) < 4.78 is 5.31. The van der Waals surface area contributed by atoms with Gasteiger partial charge in [0, 0.05) is 44.6 Å². The van der Waals surface area contributed by atoms with E-state index in [-0.39, 0.29) is 17.9 Å². The minimum Gasteiger partial charge on any atom is -0.378 e. The second-order valence-electron chi connectivity index (χ2n) is 6.69. The number of morpholine rings is 1. The molecule has 0 spiro atoms. The number of carbonyl (C=O) groups excluding carboxylic acids is 2. The Labute approximate surface area is 148 Å². The molecular formula is C18H26N4O3. The molecule has 1 N–H and O–H groups in total. The normalized spacial score (nSPS) is 21.1. The summed E-state index contributed by atoms with van der Waals surface area (Å²) in [6, 6.07) is 3.75. The van der Waals surface area contributed by atoms with Gasteiger partial charge in [-0.25, -0.2) is 4.79 Å². The minimum absolute atomic E-state index is 0.0965. The fourth-order valence-electron chi connectivity index (χ4n) is 3.41. The molecule has 1 atom stereocenters. The number of nitrogens with zero attached hydrogens (tertiary/aromatic N) is 3. The Balaban J connectivity index is 1.51. The van der Waals surface area contributed by atoms with Crippen molar-refractivity contribution in [2.24, 2.45) is 5.92 Å². The predicted octanol–water partition coefficient (Wildman–Crippen LogP) is 1.17. The van der Waals surface area contributed by atoms with Crippen LogP contribution in [0.3, 0.4) is 0 Å². The molecule has 2 saturated heterocycles. The third-order valence-electron chi connectivity index (χ3n) is 4.79. The van der Waals surface area contributed by atoms with E-state index in [0.29, 0.717) is 45.9 Å². The van der Waals surface area contributed by atoms with Crippen LogP contribution in [-0.2, 0) is 16.1 Å². The van der Waals surface area contributed by atoms with Crippen LogP contribution in [-0.4, -0.2) is 66.1 Å². The summed E-state index contributed by atoms with van der Waals surface area (Å²) in [6.07, 6.45) is 3.46. The van der Waals surface area contributed by atoms with E-state index in [2.05, 4.69) is 10.3 Å². The molecule has 0 aromatic carbocycles. The first-order valence-corrected chi connectivity index (χ1v) is 8.94. The lowest BCUT2D eigenvalue weighted by molar-refractivity contribution is -0.141. The first-order valence-electron chi connectivity index (χ1n) is 8.94. The largest absolute Gasteiger partial charge is 0.378 e. The van der Waals surface area contributed by atoms with Gasteiger partial charge in [-0.05, 0) is 37.5 Å². The molecular weight excluding hydrogens is 320 g/mol. The summed E-state index contributed by atoms with van der Waals surface area (Å²) in [5.74, 6) is 0.0614. The van der Waals surface area contributed by atoms with Gasteiger partial charge in [-0.1, -0.05) is 0 Å². The fourth-order valence-corrected chi connectivity index (χ4v) is 3.41. The molecule has 1 aromatic heterocycles. The number of aromatic nitrogens is 1. The molecule has 136 valence electrons. The highest BCUT2D eigenvalue weighted by molar-refractivity contribution is 5.81. The third-order valence-corrected chi connectivity index (χ3v) is 4.79. The number of hydrogen-bond donors (Lipinski definition) is 1. The van der Waals surface area contributed by atoms with Crippen LogP contribution < -0.4 is 5.32 Å². The van der Waals surface area contributed by atoms with E-state index < -0.39 is 0 Å². The van der Waals surface area contributed by atoms with Gasteiger partial charge in [0.1, 0.15) is 0 Å². The maximum absolute atomic E-state index is 12.6. The van der Waals surface area contributed by atoms with Gasteiger partial charge in [-0.15, -0.1) is 0 Å². The lowest BCUT2D eigenvalue weighted by Crippen LogP contribution is -2.51. The maximum atomic E-state index is 12.6. The van der Waals surface area contributed by atoms with Crippen molar-refractivity contribution < 1.29 is 14.3 Å². The zero-order chi connectivity index (χ0) is 17.6. The Morgan fingerprint density at radius 2 is 2.08 bits per heavy atom. The van der Waals surface area contributed by atoms with Gasteiger partial charge < -0.3 is 19.9 Å². The number of aryl methyl sites for hydroxylation is 1. The smallest absolute Gasteiger partial charge is 0.317 e. The second kappa shape index (κ2) is 8.29. The Morgan fingerprint density at radius 3 is 2.84 bits per heavy atom. The van der Waals surface area contributed by atoms with E-state index in [4.69, 9.17) is 4.74 Å². The van der Waals surface area contributed by atoms with Gasteiger partial charge in [0.25, 0.3) is 0 Å². The Morgan fingerprint density at radius 1 is 1.28 bits per heavy atom. The minimum atomic E-state index is -0.103. The Bertz CT molecular complexity index is 616. The van der Waals surface area contributed by atoms with Crippen molar-refractivity contribution in [3.63, 3.8) is 0 Å². The molecule has 3 rings (SSSR count). The van der Waals surface area contributed by atoms with Crippen molar-refractivity contribution in [2.45, 2.75) is 26.3 Å². The summed E-state index contributed by atoms with van der Waals surface area (Å²) in [7, 11) is 0. The first kappa shape index (κ1) is 17.7. The summed E-state index contributed by atoms with van der Waals surface area (Å²) in [6.45, 7) is 6.12. The number of urea groups is 1. The van der Waals surface area contributed by atoms with Crippen LogP contribution in [0.5, 0.6) is 0 Å². The molecule has 0 radical (unpaired) electrons. The van der Waals surface area contributed by atoms with Crippen molar-refractivity contribution in [2.75, 3.05) is 39.4 Å². The van der Waals surface area contributed by atoms with Gasteiger partial charge >= 0.3 is 6.03 Å². The number of carbonyl (C=O) groups is 2. The van der Waals surface area contributed by atoms with Gasteiger partial charge in [-0.3, -0.25) is 9.78 Å². The van der Waals surface area contributed by atoms with Crippen molar-refractivity contribution >= 4 is 11.9 Å². The lowest BCUT2D eigenvalue weighted by Gasteiger charge is -2.36. The molecule has 0 aliphatic carbocycles. The molecule has 2 aliphatic rings. The molecule has 7 nitrogen and oxygen atoms in total. The highest BCUT2D eigenvalue weighted by atomic mass is 16.5. The molecule has 2 aliphatic heterocycles. The van der Waals surface area contributed by atoms with E-state index >= 15 is 0 Å². The van der Waals surface area contributed by atoms with Crippen LogP contribution in [0.25, 0.3) is 0 Å². The number of pyridine rings is 1. The number of hydrogen-bond acceptors (Lipinski definition) is 4. The zero-order valence-corrected chi connectivity index (χ0v) is 14.7. The predicted molar refractivity (Wildman–Crippen MR) is 92.9 cm³/mol. The number of likely N-dealkylation sites (tertiary alicyclic amines) is 1. The van der Waals surface area contributed by atoms with E-state index in [1.807, 2.05) is 24.0 Å².